The maximum absolute atomic E-state index is 11.7. The number of nitrogens with one attached hydrogen (secondary N) is 1. The van der Waals surface area contributed by atoms with E-state index in [0.717, 1.165) is 4.90 Å². The average Bonchev–Trinajstić information content (AvgIpc) is 2.58. The molecule has 1 N–H and O–H groups in total. The summed E-state index contributed by atoms with van der Waals surface area (Å²) in [7, 11) is 0. The van der Waals surface area contributed by atoms with Crippen molar-refractivity contribution in [3.63, 3.8) is 0 Å². The molecule has 0 aromatic heterocycles. The van der Waals surface area contributed by atoms with Gasteiger partial charge in [-0.2, -0.15) is 0 Å². The fourth-order valence-electron chi connectivity index (χ4n) is 1.34. The van der Waals surface area contributed by atoms with Gasteiger partial charge in [0.2, 0.25) is 5.91 Å². The normalized spacial score (nSPS) is 15.3. The van der Waals surface area contributed by atoms with Gasteiger partial charge in [-0.15, -0.1) is 0 Å². The first kappa shape index (κ1) is 9.39. The van der Waals surface area contributed by atoms with Gasteiger partial charge < -0.3 is 0 Å². The zero-order valence-corrected chi connectivity index (χ0v) is 7.77. The molecule has 0 bridgehead atoms. The van der Waals surface area contributed by atoms with Gasteiger partial charge in [0.05, 0.1) is 0 Å². The van der Waals surface area contributed by atoms with E-state index in [0.29, 0.717) is 5.56 Å². The Labute approximate surface area is 85.7 Å². The summed E-state index contributed by atoms with van der Waals surface area (Å²) >= 11 is 0. The van der Waals surface area contributed by atoms with Crippen molar-refractivity contribution in [3.05, 3.63) is 35.9 Å². The zero-order chi connectivity index (χ0) is 10.8. The van der Waals surface area contributed by atoms with Gasteiger partial charge >= 0.3 is 6.03 Å². The topological polar surface area (TPSA) is 66.5 Å². The molecule has 15 heavy (non-hydrogen) atoms. The molecule has 1 saturated heterocycles. The summed E-state index contributed by atoms with van der Waals surface area (Å²) in [6.45, 7) is -0.202. The molecule has 0 atom stereocenters. The van der Waals surface area contributed by atoms with Crippen LogP contribution in [0, 0.1) is 0 Å². The fourth-order valence-corrected chi connectivity index (χ4v) is 1.34. The minimum Gasteiger partial charge on any atom is -0.276 e. The number of hydrogen-bond acceptors (Lipinski definition) is 3. The molecule has 0 unspecified atom stereocenters. The van der Waals surface area contributed by atoms with Crippen LogP contribution in [-0.4, -0.2) is 29.3 Å². The van der Waals surface area contributed by atoms with Gasteiger partial charge in [-0.3, -0.25) is 19.8 Å². The lowest BCUT2D eigenvalue weighted by Crippen LogP contribution is -2.34. The first-order valence-electron chi connectivity index (χ1n) is 4.39. The lowest BCUT2D eigenvalue weighted by molar-refractivity contribution is -0.118. The molecule has 5 nitrogen and oxygen atoms in total. The first-order chi connectivity index (χ1) is 7.18. The van der Waals surface area contributed by atoms with Crippen LogP contribution in [0.15, 0.2) is 30.3 Å². The summed E-state index contributed by atoms with van der Waals surface area (Å²) in [5.41, 5.74) is 0.391. The van der Waals surface area contributed by atoms with E-state index >= 15 is 0 Å². The number of hydrogen-bond donors (Lipinski definition) is 1. The number of carbonyl (C=O) groups is 3. The molecule has 1 aliphatic heterocycles. The van der Waals surface area contributed by atoms with Crippen molar-refractivity contribution in [1.29, 1.82) is 0 Å². The van der Waals surface area contributed by atoms with E-state index in [1.165, 1.54) is 0 Å². The highest BCUT2D eigenvalue weighted by molar-refractivity contribution is 6.14. The van der Waals surface area contributed by atoms with Crippen molar-refractivity contribution in [2.45, 2.75) is 0 Å². The van der Waals surface area contributed by atoms with E-state index < -0.39 is 17.8 Å². The van der Waals surface area contributed by atoms with Gasteiger partial charge in [-0.25, -0.2) is 4.79 Å². The van der Waals surface area contributed by atoms with Crippen LogP contribution in [0.1, 0.15) is 10.4 Å². The van der Waals surface area contributed by atoms with Crippen molar-refractivity contribution in [1.82, 2.24) is 10.2 Å². The lowest BCUT2D eigenvalue weighted by Gasteiger charge is -2.10. The predicted octanol–water partition coefficient (Wildman–Crippen LogP) is 0.379. The number of amides is 4. The second-order valence-corrected chi connectivity index (χ2v) is 3.11. The Hall–Kier alpha value is -2.17. The van der Waals surface area contributed by atoms with Crippen LogP contribution in [0.25, 0.3) is 0 Å². The highest BCUT2D eigenvalue weighted by Crippen LogP contribution is 2.07. The molecule has 0 saturated carbocycles. The van der Waals surface area contributed by atoms with Crippen LogP contribution in [0.3, 0.4) is 0 Å². The van der Waals surface area contributed by atoms with Gasteiger partial charge in [-0.1, -0.05) is 18.2 Å². The van der Waals surface area contributed by atoms with Crippen LogP contribution < -0.4 is 5.32 Å². The largest absolute Gasteiger partial charge is 0.331 e. The molecule has 5 heteroatoms. The van der Waals surface area contributed by atoms with Crippen molar-refractivity contribution >= 4 is 17.8 Å². The zero-order valence-electron chi connectivity index (χ0n) is 7.77. The van der Waals surface area contributed by atoms with Gasteiger partial charge in [0.15, 0.2) is 0 Å². The number of benzene rings is 1. The number of urea groups is 1. The second kappa shape index (κ2) is 3.53. The van der Waals surface area contributed by atoms with E-state index in [1.54, 1.807) is 30.3 Å². The monoisotopic (exact) mass is 204 g/mol. The summed E-state index contributed by atoms with van der Waals surface area (Å²) in [4.78, 5) is 34.6. The summed E-state index contributed by atoms with van der Waals surface area (Å²) in [6, 6.07) is 7.70. The van der Waals surface area contributed by atoms with E-state index in [-0.39, 0.29) is 6.54 Å². The molecule has 1 heterocycles. The Balaban J connectivity index is 2.23. The molecule has 0 spiro atoms. The SMILES string of the molecule is O=C1CN(C(=O)c2ccccc2)C(=O)N1. The minimum atomic E-state index is -0.658. The summed E-state index contributed by atoms with van der Waals surface area (Å²) < 4.78 is 0. The van der Waals surface area contributed by atoms with E-state index in [9.17, 15) is 14.4 Å². The molecular weight excluding hydrogens is 196 g/mol. The average molecular weight is 204 g/mol. The van der Waals surface area contributed by atoms with Crippen molar-refractivity contribution in [3.8, 4) is 0 Å². The lowest BCUT2D eigenvalue weighted by atomic mass is 10.2. The third kappa shape index (κ3) is 1.71. The Morgan fingerprint density at radius 1 is 1.20 bits per heavy atom. The fraction of sp³-hybridized carbons (Fsp3) is 0.100. The highest BCUT2D eigenvalue weighted by Gasteiger charge is 2.32. The molecule has 1 fully saturated rings. The summed E-state index contributed by atoms with van der Waals surface area (Å²) in [5, 5.41) is 2.04. The number of rotatable bonds is 1. The second-order valence-electron chi connectivity index (χ2n) is 3.11. The van der Waals surface area contributed by atoms with Crippen molar-refractivity contribution in [2.75, 3.05) is 6.54 Å². The molecule has 0 radical (unpaired) electrons. The molecule has 1 aliphatic rings. The van der Waals surface area contributed by atoms with E-state index in [1.807, 2.05) is 5.32 Å². The molecule has 0 aliphatic carbocycles. The quantitative estimate of drug-likeness (QED) is 0.672. The number of imide groups is 2. The van der Waals surface area contributed by atoms with Gasteiger partial charge in [0.1, 0.15) is 6.54 Å². The van der Waals surface area contributed by atoms with Crippen molar-refractivity contribution < 1.29 is 14.4 Å². The Bertz CT molecular complexity index is 428. The van der Waals surface area contributed by atoms with Gasteiger partial charge in [0.25, 0.3) is 5.91 Å². The first-order valence-corrected chi connectivity index (χ1v) is 4.39. The third-order valence-corrected chi connectivity index (χ3v) is 2.06. The van der Waals surface area contributed by atoms with Crippen molar-refractivity contribution in [2.24, 2.45) is 0 Å². The Morgan fingerprint density at radius 3 is 2.40 bits per heavy atom. The standard InChI is InChI=1S/C10H8N2O3/c13-8-6-12(10(15)11-8)9(14)7-4-2-1-3-5-7/h1-5H,6H2,(H,11,13,15). The molecule has 1 aromatic rings. The smallest absolute Gasteiger partial charge is 0.276 e. The minimum absolute atomic E-state index is 0.202. The van der Waals surface area contributed by atoms with E-state index in [4.69, 9.17) is 0 Å². The van der Waals surface area contributed by atoms with Crippen LogP contribution in [0.4, 0.5) is 4.79 Å². The van der Waals surface area contributed by atoms with Crippen LogP contribution in [0.5, 0.6) is 0 Å². The van der Waals surface area contributed by atoms with E-state index in [2.05, 4.69) is 0 Å². The van der Waals surface area contributed by atoms with Crippen LogP contribution >= 0.6 is 0 Å². The predicted molar refractivity (Wildman–Crippen MR) is 51.0 cm³/mol. The molecule has 2 rings (SSSR count). The van der Waals surface area contributed by atoms with Gasteiger partial charge in [0, 0.05) is 5.56 Å². The summed E-state index contributed by atoms with van der Waals surface area (Å²) in [6.07, 6.45) is 0. The Kier molecular flexibility index (Phi) is 2.21. The van der Waals surface area contributed by atoms with Crippen LogP contribution in [0.2, 0.25) is 0 Å². The van der Waals surface area contributed by atoms with Crippen LogP contribution in [-0.2, 0) is 4.79 Å². The number of nitrogens with zero attached hydrogens (tertiary/aromatic N) is 1. The van der Waals surface area contributed by atoms with Gasteiger partial charge in [-0.05, 0) is 12.1 Å². The molecule has 76 valence electrons. The summed E-state index contributed by atoms with van der Waals surface area (Å²) in [5.74, 6) is -0.914. The number of carbonyl (C=O) groups excluding carboxylic acids is 3. The maximum atomic E-state index is 11.7. The highest BCUT2D eigenvalue weighted by atomic mass is 16.2. The molecular formula is C10H8N2O3. The molecule has 1 aromatic carbocycles. The molecule has 4 amide bonds. The Morgan fingerprint density at radius 2 is 1.87 bits per heavy atom. The maximum Gasteiger partial charge on any atom is 0.331 e. The third-order valence-electron chi connectivity index (χ3n) is 2.06.